The molecule has 3 heterocycles. The summed E-state index contributed by atoms with van der Waals surface area (Å²) in [5.74, 6) is 1.65. The first kappa shape index (κ1) is 26.9. The van der Waals surface area contributed by atoms with Crippen molar-refractivity contribution in [2.75, 3.05) is 16.8 Å². The van der Waals surface area contributed by atoms with Crippen molar-refractivity contribution < 1.29 is 4.79 Å². The largest absolute Gasteiger partial charge is 0.299 e. The minimum absolute atomic E-state index is 0. The first-order valence-corrected chi connectivity index (χ1v) is 12.7. The highest BCUT2D eigenvalue weighted by Crippen LogP contribution is 2.33. The number of nitrogens with zero attached hydrogens (tertiary/aromatic N) is 3. The number of aromatic nitrogens is 3. The number of carbonyl (C=O) groups excluding carboxylic acids is 1. The van der Waals surface area contributed by atoms with Crippen LogP contribution in [0.4, 0.5) is 5.13 Å². The van der Waals surface area contributed by atoms with Gasteiger partial charge in [-0.3, -0.25) is 20.4 Å². The number of thioether (sulfide) groups is 2. The minimum atomic E-state index is -0.252. The molecule has 0 aliphatic carbocycles. The SMILES string of the molecule is Cl.Cl.O=C(Nc1nnc(SCCCCc2ccccc2)s1)C1CSC(c2cccnc2)N1. The highest BCUT2D eigenvalue weighted by atomic mass is 35.5. The zero-order chi connectivity index (χ0) is 20.6. The van der Waals surface area contributed by atoms with Gasteiger partial charge in [0.25, 0.3) is 0 Å². The topological polar surface area (TPSA) is 79.8 Å². The first-order chi connectivity index (χ1) is 14.8. The first-order valence-electron chi connectivity index (χ1n) is 9.86. The fraction of sp³-hybridized carbons (Fsp3) is 0.333. The van der Waals surface area contributed by atoms with Crippen LogP contribution in [0.1, 0.15) is 29.3 Å². The van der Waals surface area contributed by atoms with Crippen molar-refractivity contribution in [3.63, 3.8) is 0 Å². The van der Waals surface area contributed by atoms with Gasteiger partial charge in [0, 0.05) is 23.9 Å². The second-order valence-corrected chi connectivity index (χ2v) is 10.3. The molecule has 1 aliphatic heterocycles. The van der Waals surface area contributed by atoms with Gasteiger partial charge in [-0.25, -0.2) is 0 Å². The molecule has 32 heavy (non-hydrogen) atoms. The molecule has 1 amide bonds. The fourth-order valence-electron chi connectivity index (χ4n) is 3.09. The molecule has 1 aliphatic rings. The summed E-state index contributed by atoms with van der Waals surface area (Å²) in [6, 6.07) is 14.2. The van der Waals surface area contributed by atoms with Crippen LogP contribution in [0.5, 0.6) is 0 Å². The Hall–Kier alpha value is -1.36. The summed E-state index contributed by atoms with van der Waals surface area (Å²) >= 11 is 4.85. The van der Waals surface area contributed by atoms with Crippen molar-refractivity contribution in [2.24, 2.45) is 0 Å². The number of anilines is 1. The Morgan fingerprint density at radius 1 is 1.12 bits per heavy atom. The summed E-state index contributed by atoms with van der Waals surface area (Å²) in [7, 11) is 0. The molecular formula is C21H25Cl2N5OS3. The number of unbranched alkanes of at least 4 members (excludes halogenated alkanes) is 1. The molecule has 0 bridgehead atoms. The third kappa shape index (κ3) is 7.90. The van der Waals surface area contributed by atoms with Crippen LogP contribution in [0.15, 0.2) is 59.2 Å². The van der Waals surface area contributed by atoms with Gasteiger partial charge in [-0.05, 0) is 36.5 Å². The van der Waals surface area contributed by atoms with Crippen LogP contribution in [0, 0.1) is 0 Å². The Kier molecular flexibility index (Phi) is 11.8. The predicted molar refractivity (Wildman–Crippen MR) is 139 cm³/mol. The second-order valence-electron chi connectivity index (χ2n) is 6.87. The zero-order valence-electron chi connectivity index (χ0n) is 17.2. The summed E-state index contributed by atoms with van der Waals surface area (Å²) in [5.41, 5.74) is 2.47. The normalized spacial score (nSPS) is 17.2. The van der Waals surface area contributed by atoms with E-state index >= 15 is 0 Å². The second kappa shape index (κ2) is 14.0. The van der Waals surface area contributed by atoms with Crippen LogP contribution in [0.3, 0.4) is 0 Å². The van der Waals surface area contributed by atoms with Gasteiger partial charge in [0.05, 0.1) is 11.4 Å². The third-order valence-corrected chi connectivity index (χ3v) is 7.98. The molecular weight excluding hydrogens is 505 g/mol. The molecule has 3 aromatic rings. The molecule has 1 saturated heterocycles. The van der Waals surface area contributed by atoms with Crippen LogP contribution in [0.2, 0.25) is 0 Å². The Balaban J connectivity index is 0.00000181. The molecule has 2 aromatic heterocycles. The van der Waals surface area contributed by atoms with Crippen molar-refractivity contribution >= 4 is 70.7 Å². The van der Waals surface area contributed by atoms with Crippen molar-refractivity contribution in [1.29, 1.82) is 0 Å². The van der Waals surface area contributed by atoms with E-state index in [1.54, 1.807) is 29.7 Å². The van der Waals surface area contributed by atoms with E-state index in [4.69, 9.17) is 0 Å². The van der Waals surface area contributed by atoms with Gasteiger partial charge in [-0.2, -0.15) is 0 Å². The van der Waals surface area contributed by atoms with E-state index in [0.29, 0.717) is 10.9 Å². The number of carbonyl (C=O) groups is 1. The van der Waals surface area contributed by atoms with Crippen LogP contribution < -0.4 is 10.6 Å². The van der Waals surface area contributed by atoms with Crippen LogP contribution >= 0.6 is 59.7 Å². The molecule has 2 unspecified atom stereocenters. The molecule has 0 spiro atoms. The number of aryl methyl sites for hydroxylation is 1. The van der Waals surface area contributed by atoms with E-state index in [0.717, 1.165) is 34.9 Å². The standard InChI is InChI=1S/C21H23N5OS3.2ClH/c27-18(17-14-29-19(23-17)16-10-6-11-22-13-16)24-20-25-26-21(30-20)28-12-5-4-9-15-7-2-1-3-8-15;;/h1-3,6-8,10-11,13,17,19,23H,4-5,9,12,14H2,(H,24,25,27);2*1H. The number of pyridine rings is 1. The average molecular weight is 531 g/mol. The van der Waals surface area contributed by atoms with Crippen molar-refractivity contribution in [3.8, 4) is 0 Å². The molecule has 2 atom stereocenters. The third-order valence-electron chi connectivity index (χ3n) is 4.65. The molecule has 0 saturated carbocycles. The molecule has 2 N–H and O–H groups in total. The van der Waals surface area contributed by atoms with Gasteiger partial charge in [-0.15, -0.1) is 46.8 Å². The van der Waals surface area contributed by atoms with Crippen molar-refractivity contribution in [3.05, 3.63) is 66.0 Å². The molecule has 0 radical (unpaired) electrons. The molecule has 1 aromatic carbocycles. The number of hydrogen-bond donors (Lipinski definition) is 2. The number of amides is 1. The Morgan fingerprint density at radius 3 is 2.75 bits per heavy atom. The highest BCUT2D eigenvalue weighted by molar-refractivity contribution is 8.01. The van der Waals surface area contributed by atoms with E-state index in [1.807, 2.05) is 24.4 Å². The van der Waals surface area contributed by atoms with Crippen LogP contribution in [0.25, 0.3) is 0 Å². The summed E-state index contributed by atoms with van der Waals surface area (Å²) in [6.45, 7) is 0. The van der Waals surface area contributed by atoms with E-state index in [9.17, 15) is 4.79 Å². The van der Waals surface area contributed by atoms with Crippen molar-refractivity contribution in [2.45, 2.75) is 35.0 Å². The van der Waals surface area contributed by atoms with Crippen molar-refractivity contribution in [1.82, 2.24) is 20.5 Å². The molecule has 11 heteroatoms. The van der Waals surface area contributed by atoms with Gasteiger partial charge in [0.2, 0.25) is 11.0 Å². The fourth-order valence-corrected chi connectivity index (χ4v) is 6.14. The average Bonchev–Trinajstić information content (AvgIpc) is 3.45. The molecule has 6 nitrogen and oxygen atoms in total. The summed E-state index contributed by atoms with van der Waals surface area (Å²) in [5, 5.41) is 15.2. The van der Waals surface area contributed by atoms with Gasteiger partial charge in [0.15, 0.2) is 4.34 Å². The maximum absolute atomic E-state index is 12.6. The Labute approximate surface area is 213 Å². The quantitative estimate of drug-likeness (QED) is 0.223. The number of nitrogens with one attached hydrogen (secondary N) is 2. The maximum Gasteiger partial charge on any atom is 0.244 e. The predicted octanol–water partition coefficient (Wildman–Crippen LogP) is 5.23. The number of benzene rings is 1. The van der Waals surface area contributed by atoms with Gasteiger partial charge in [-0.1, -0.05) is 59.5 Å². The zero-order valence-corrected chi connectivity index (χ0v) is 21.3. The molecule has 1 fully saturated rings. The number of halogens is 2. The summed E-state index contributed by atoms with van der Waals surface area (Å²) in [4.78, 5) is 16.7. The lowest BCUT2D eigenvalue weighted by molar-refractivity contribution is -0.117. The summed E-state index contributed by atoms with van der Waals surface area (Å²) in [6.07, 6.45) is 6.97. The van der Waals surface area contributed by atoms with E-state index < -0.39 is 0 Å². The lowest BCUT2D eigenvalue weighted by atomic mass is 10.1. The number of rotatable bonds is 9. The minimum Gasteiger partial charge on any atom is -0.299 e. The molecule has 4 rings (SSSR count). The van der Waals surface area contributed by atoms with Gasteiger partial charge >= 0.3 is 0 Å². The highest BCUT2D eigenvalue weighted by Gasteiger charge is 2.31. The monoisotopic (exact) mass is 529 g/mol. The maximum atomic E-state index is 12.6. The van der Waals surface area contributed by atoms with E-state index in [2.05, 4.69) is 50.1 Å². The summed E-state index contributed by atoms with van der Waals surface area (Å²) < 4.78 is 0.895. The van der Waals surface area contributed by atoms with Gasteiger partial charge in [0.1, 0.15) is 0 Å². The van der Waals surface area contributed by atoms with E-state index in [-0.39, 0.29) is 42.1 Å². The number of hydrogen-bond acceptors (Lipinski definition) is 8. The molecule has 172 valence electrons. The van der Waals surface area contributed by atoms with Crippen LogP contribution in [-0.2, 0) is 11.2 Å². The van der Waals surface area contributed by atoms with Crippen LogP contribution in [-0.4, -0.2) is 38.6 Å². The van der Waals surface area contributed by atoms with Gasteiger partial charge < -0.3 is 0 Å². The lowest BCUT2D eigenvalue weighted by Crippen LogP contribution is -2.38. The van der Waals surface area contributed by atoms with E-state index in [1.165, 1.54) is 16.9 Å². The lowest BCUT2D eigenvalue weighted by Gasteiger charge is -2.12. The smallest absolute Gasteiger partial charge is 0.244 e. The Morgan fingerprint density at radius 2 is 1.97 bits per heavy atom. The Bertz CT molecular complexity index is 949.